The van der Waals surface area contributed by atoms with Gasteiger partial charge in [-0.2, -0.15) is 0 Å². The van der Waals surface area contributed by atoms with Crippen LogP contribution in [0.15, 0.2) is 18.5 Å². The molecule has 0 radical (unpaired) electrons. The van der Waals surface area contributed by atoms with Gasteiger partial charge in [0.1, 0.15) is 5.69 Å². The summed E-state index contributed by atoms with van der Waals surface area (Å²) in [6.45, 7) is 3.02. The lowest BCUT2D eigenvalue weighted by Crippen LogP contribution is -2.32. The molecule has 4 amide bonds. The van der Waals surface area contributed by atoms with Gasteiger partial charge in [0.05, 0.1) is 5.69 Å². The molecule has 4 N–H and O–H groups in total. The Balaban J connectivity index is 1.86. The van der Waals surface area contributed by atoms with E-state index in [2.05, 4.69) is 26.3 Å². The molecule has 33 heavy (non-hydrogen) atoms. The highest BCUT2D eigenvalue weighted by Gasteiger charge is 2.18. The van der Waals surface area contributed by atoms with E-state index in [1.54, 1.807) is 30.9 Å². The summed E-state index contributed by atoms with van der Waals surface area (Å²) in [4.78, 5) is 54.3. The van der Waals surface area contributed by atoms with Gasteiger partial charge in [-0.05, 0) is 33.1 Å². The highest BCUT2D eigenvalue weighted by Crippen LogP contribution is 2.15. The Kier molecular flexibility index (Phi) is 9.16. The Morgan fingerprint density at radius 2 is 1.70 bits per heavy atom. The molecule has 180 valence electrons. The van der Waals surface area contributed by atoms with E-state index in [0.29, 0.717) is 17.9 Å². The second-order valence-electron chi connectivity index (χ2n) is 7.93. The molecule has 2 heterocycles. The minimum Gasteiger partial charge on any atom is -0.356 e. The molecule has 12 nitrogen and oxygen atoms in total. The quantitative estimate of drug-likeness (QED) is 0.352. The molecule has 0 fully saturated rings. The van der Waals surface area contributed by atoms with E-state index < -0.39 is 11.8 Å². The molecule has 2 aromatic heterocycles. The lowest BCUT2D eigenvalue weighted by atomic mass is 10.3. The maximum absolute atomic E-state index is 12.6. The molecular weight excluding hydrogens is 428 g/mol. The van der Waals surface area contributed by atoms with E-state index >= 15 is 0 Å². The van der Waals surface area contributed by atoms with Crippen molar-refractivity contribution in [3.8, 4) is 0 Å². The van der Waals surface area contributed by atoms with Crippen LogP contribution in [0.5, 0.6) is 0 Å². The Morgan fingerprint density at radius 1 is 0.970 bits per heavy atom. The van der Waals surface area contributed by atoms with Crippen LogP contribution in [0.2, 0.25) is 0 Å². The van der Waals surface area contributed by atoms with Gasteiger partial charge < -0.3 is 35.3 Å². The molecule has 0 atom stereocenters. The van der Waals surface area contributed by atoms with E-state index in [4.69, 9.17) is 0 Å². The van der Waals surface area contributed by atoms with Gasteiger partial charge >= 0.3 is 0 Å². The van der Waals surface area contributed by atoms with Crippen LogP contribution in [0.3, 0.4) is 0 Å². The van der Waals surface area contributed by atoms with Crippen molar-refractivity contribution in [2.45, 2.75) is 19.8 Å². The fourth-order valence-corrected chi connectivity index (χ4v) is 3.06. The van der Waals surface area contributed by atoms with Gasteiger partial charge in [0.15, 0.2) is 5.82 Å². The first kappa shape index (κ1) is 25.6. The zero-order valence-electron chi connectivity index (χ0n) is 19.7. The minimum atomic E-state index is -0.454. The molecular formula is C21H32N8O4. The van der Waals surface area contributed by atoms with E-state index in [1.807, 2.05) is 19.0 Å². The summed E-state index contributed by atoms with van der Waals surface area (Å²) in [5, 5.41) is 10.7. The van der Waals surface area contributed by atoms with Crippen LogP contribution in [0.4, 0.5) is 11.5 Å². The Hall–Kier alpha value is -3.67. The van der Waals surface area contributed by atoms with Crippen molar-refractivity contribution in [2.75, 3.05) is 44.4 Å². The van der Waals surface area contributed by atoms with Crippen LogP contribution < -0.4 is 21.3 Å². The number of aromatic nitrogens is 3. The number of anilines is 2. The van der Waals surface area contributed by atoms with Crippen LogP contribution >= 0.6 is 0 Å². The van der Waals surface area contributed by atoms with Crippen LogP contribution in [-0.2, 0) is 23.7 Å². The van der Waals surface area contributed by atoms with Gasteiger partial charge in [-0.15, -0.1) is 0 Å². The van der Waals surface area contributed by atoms with E-state index in [-0.39, 0.29) is 36.4 Å². The van der Waals surface area contributed by atoms with E-state index in [1.165, 1.54) is 17.7 Å². The predicted molar refractivity (Wildman–Crippen MR) is 124 cm³/mol. The first-order chi connectivity index (χ1) is 15.6. The lowest BCUT2D eigenvalue weighted by molar-refractivity contribution is -0.121. The summed E-state index contributed by atoms with van der Waals surface area (Å²) in [5.41, 5.74) is 0.810. The number of carbonyl (C=O) groups is 4. The first-order valence-electron chi connectivity index (χ1n) is 10.5. The summed E-state index contributed by atoms with van der Waals surface area (Å²) in [7, 11) is 7.25. The number of amides is 4. The molecule has 2 rings (SSSR count). The number of rotatable bonds is 11. The summed E-state index contributed by atoms with van der Waals surface area (Å²) in [6, 6.07) is 1.54. The summed E-state index contributed by atoms with van der Waals surface area (Å²) < 4.78 is 3.06. The van der Waals surface area contributed by atoms with Crippen molar-refractivity contribution in [3.05, 3.63) is 30.0 Å². The van der Waals surface area contributed by atoms with E-state index in [0.717, 1.165) is 13.0 Å². The average Bonchev–Trinajstić information content (AvgIpc) is 3.26. The van der Waals surface area contributed by atoms with Gasteiger partial charge in [0, 0.05) is 52.9 Å². The van der Waals surface area contributed by atoms with Gasteiger partial charge in [0.2, 0.25) is 17.6 Å². The molecule has 0 bridgehead atoms. The third kappa shape index (κ3) is 8.07. The van der Waals surface area contributed by atoms with E-state index in [9.17, 15) is 19.2 Å². The standard InChI is InChI=1S/C21H32N8O4/c1-14(30)24-15-11-16(28(4)12-15)20(32)26-17-13-29(5)19(25-17)21(33)23-9-7-18(31)22-8-6-10-27(2)3/h11-13H,6-10H2,1-5H3,(H,22,31)(H,23,33)(H,24,30)(H,26,32). The largest absolute Gasteiger partial charge is 0.356 e. The highest BCUT2D eigenvalue weighted by molar-refractivity contribution is 6.04. The van der Waals surface area contributed by atoms with Crippen molar-refractivity contribution in [1.29, 1.82) is 0 Å². The number of carbonyl (C=O) groups excluding carboxylic acids is 4. The van der Waals surface area contributed by atoms with Crippen molar-refractivity contribution < 1.29 is 19.2 Å². The Labute approximate surface area is 192 Å². The van der Waals surface area contributed by atoms with Gasteiger partial charge in [-0.25, -0.2) is 4.98 Å². The highest BCUT2D eigenvalue weighted by atomic mass is 16.2. The molecule has 12 heteroatoms. The van der Waals surface area contributed by atoms with Crippen molar-refractivity contribution in [2.24, 2.45) is 14.1 Å². The molecule has 0 unspecified atom stereocenters. The van der Waals surface area contributed by atoms with Gasteiger partial charge in [-0.3, -0.25) is 19.2 Å². The van der Waals surface area contributed by atoms with Gasteiger partial charge in [0.25, 0.3) is 11.8 Å². The van der Waals surface area contributed by atoms with Crippen molar-refractivity contribution >= 4 is 35.1 Å². The SMILES string of the molecule is CC(=O)Nc1cc(C(=O)Nc2cn(C)c(C(=O)NCCC(=O)NCCCN(C)C)n2)n(C)c1. The minimum absolute atomic E-state index is 0.0995. The Bertz CT molecular complexity index is 1010. The molecule has 0 aliphatic carbocycles. The first-order valence-corrected chi connectivity index (χ1v) is 10.5. The zero-order valence-corrected chi connectivity index (χ0v) is 19.7. The van der Waals surface area contributed by atoms with Gasteiger partial charge in [-0.1, -0.05) is 0 Å². The lowest BCUT2D eigenvalue weighted by Gasteiger charge is -2.10. The number of hydrogen-bond acceptors (Lipinski definition) is 6. The second-order valence-corrected chi connectivity index (χ2v) is 7.93. The topological polar surface area (TPSA) is 142 Å². The third-order valence-corrected chi connectivity index (χ3v) is 4.62. The fourth-order valence-electron chi connectivity index (χ4n) is 3.06. The number of nitrogens with zero attached hydrogens (tertiary/aromatic N) is 4. The molecule has 0 saturated heterocycles. The number of imidazole rings is 1. The van der Waals surface area contributed by atoms with Crippen LogP contribution in [0.25, 0.3) is 0 Å². The van der Waals surface area contributed by atoms with Crippen molar-refractivity contribution in [3.63, 3.8) is 0 Å². The zero-order chi connectivity index (χ0) is 24.5. The number of aryl methyl sites for hydroxylation is 2. The summed E-state index contributed by atoms with van der Waals surface area (Å²) in [5.74, 6) is -0.968. The number of nitrogens with one attached hydrogen (secondary N) is 4. The Morgan fingerprint density at radius 3 is 2.36 bits per heavy atom. The molecule has 0 aromatic carbocycles. The normalized spacial score (nSPS) is 10.7. The molecule has 0 aliphatic heterocycles. The third-order valence-electron chi connectivity index (χ3n) is 4.62. The molecule has 0 aliphatic rings. The summed E-state index contributed by atoms with van der Waals surface area (Å²) in [6.07, 6.45) is 4.14. The predicted octanol–water partition coefficient (Wildman–Crippen LogP) is 0.157. The van der Waals surface area contributed by atoms with Crippen molar-refractivity contribution in [1.82, 2.24) is 29.7 Å². The molecule has 0 saturated carbocycles. The molecule has 0 spiro atoms. The van der Waals surface area contributed by atoms with Crippen LogP contribution in [-0.4, -0.2) is 76.4 Å². The van der Waals surface area contributed by atoms with Crippen LogP contribution in [0, 0.1) is 0 Å². The molecule has 2 aromatic rings. The summed E-state index contributed by atoms with van der Waals surface area (Å²) >= 11 is 0. The fraction of sp³-hybridized carbons (Fsp3) is 0.476. The van der Waals surface area contributed by atoms with Crippen LogP contribution in [0.1, 0.15) is 40.9 Å². The monoisotopic (exact) mass is 460 g/mol. The second kappa shape index (κ2) is 11.8. The average molecular weight is 461 g/mol. The maximum atomic E-state index is 12.6. The maximum Gasteiger partial charge on any atom is 0.287 e. The number of hydrogen-bond donors (Lipinski definition) is 4. The smallest absolute Gasteiger partial charge is 0.287 e.